The maximum atomic E-state index is 9.35. The molecule has 1 aliphatic carbocycles. The number of aliphatic hydroxyl groups is 1. The van der Waals surface area contributed by atoms with Crippen LogP contribution in [0, 0.1) is 0 Å². The summed E-state index contributed by atoms with van der Waals surface area (Å²) in [6.07, 6.45) is 3.12. The Morgan fingerprint density at radius 1 is 1.25 bits per heavy atom. The van der Waals surface area contributed by atoms with Crippen LogP contribution in [0.4, 0.5) is 0 Å². The molecule has 3 N–H and O–H groups in total. The SMILES string of the molecule is CC(C)(N)Cc1ccc(C2(CO)CC2)cc1. The molecule has 0 atom stereocenters. The van der Waals surface area contributed by atoms with E-state index in [0.29, 0.717) is 0 Å². The minimum atomic E-state index is -0.157. The molecule has 0 bridgehead atoms. The second-order valence-electron chi connectivity index (χ2n) is 5.80. The predicted molar refractivity (Wildman–Crippen MR) is 66.4 cm³/mol. The lowest BCUT2D eigenvalue weighted by Gasteiger charge is -2.19. The van der Waals surface area contributed by atoms with Crippen LogP contribution in [0.2, 0.25) is 0 Å². The molecule has 88 valence electrons. The highest BCUT2D eigenvalue weighted by Gasteiger charge is 2.43. The van der Waals surface area contributed by atoms with Crippen molar-refractivity contribution in [3.63, 3.8) is 0 Å². The highest BCUT2D eigenvalue weighted by Crippen LogP contribution is 2.47. The lowest BCUT2D eigenvalue weighted by atomic mass is 9.92. The fraction of sp³-hybridized carbons (Fsp3) is 0.571. The van der Waals surface area contributed by atoms with Crippen molar-refractivity contribution in [2.45, 2.75) is 44.1 Å². The molecule has 2 rings (SSSR count). The van der Waals surface area contributed by atoms with Gasteiger partial charge in [0.25, 0.3) is 0 Å². The standard InChI is InChI=1S/C14H21NO/c1-13(2,15)9-11-3-5-12(6-4-11)14(10-16)7-8-14/h3-6,16H,7-10,15H2,1-2H3. The number of benzene rings is 1. The lowest BCUT2D eigenvalue weighted by molar-refractivity contribution is 0.255. The van der Waals surface area contributed by atoms with E-state index in [1.165, 1.54) is 11.1 Å². The summed E-state index contributed by atoms with van der Waals surface area (Å²) in [5, 5.41) is 9.35. The average Bonchev–Trinajstić information content (AvgIpc) is 2.97. The number of hydrogen-bond acceptors (Lipinski definition) is 2. The Morgan fingerprint density at radius 3 is 2.19 bits per heavy atom. The molecule has 2 nitrogen and oxygen atoms in total. The lowest BCUT2D eigenvalue weighted by Crippen LogP contribution is -2.34. The molecule has 1 saturated carbocycles. The van der Waals surface area contributed by atoms with Crippen LogP contribution in [-0.4, -0.2) is 17.3 Å². The molecule has 0 unspecified atom stereocenters. The van der Waals surface area contributed by atoms with Gasteiger partial charge in [0.1, 0.15) is 0 Å². The van der Waals surface area contributed by atoms with E-state index in [1.807, 2.05) is 13.8 Å². The van der Waals surface area contributed by atoms with E-state index in [4.69, 9.17) is 5.73 Å². The minimum absolute atomic E-state index is 0.0801. The van der Waals surface area contributed by atoms with Crippen LogP contribution < -0.4 is 5.73 Å². The van der Waals surface area contributed by atoms with Gasteiger partial charge in [0.05, 0.1) is 6.61 Å². The molecule has 2 heteroatoms. The third-order valence-corrected chi connectivity index (χ3v) is 3.38. The maximum absolute atomic E-state index is 9.35. The van der Waals surface area contributed by atoms with E-state index in [2.05, 4.69) is 24.3 Å². The molecule has 1 aliphatic rings. The van der Waals surface area contributed by atoms with Gasteiger partial charge < -0.3 is 10.8 Å². The van der Waals surface area contributed by atoms with Crippen molar-refractivity contribution in [1.82, 2.24) is 0 Å². The first kappa shape index (κ1) is 11.6. The quantitative estimate of drug-likeness (QED) is 0.813. The zero-order valence-corrected chi connectivity index (χ0v) is 10.2. The van der Waals surface area contributed by atoms with E-state index < -0.39 is 0 Å². The fourth-order valence-electron chi connectivity index (χ4n) is 2.19. The normalized spacial score (nSPS) is 18.5. The number of nitrogens with two attached hydrogens (primary N) is 1. The second-order valence-corrected chi connectivity index (χ2v) is 5.80. The Bertz CT molecular complexity index is 357. The molecule has 16 heavy (non-hydrogen) atoms. The van der Waals surface area contributed by atoms with Gasteiger partial charge in [-0.25, -0.2) is 0 Å². The van der Waals surface area contributed by atoms with Crippen molar-refractivity contribution in [1.29, 1.82) is 0 Å². The van der Waals surface area contributed by atoms with Crippen LogP contribution in [0.15, 0.2) is 24.3 Å². The molecule has 0 aliphatic heterocycles. The smallest absolute Gasteiger partial charge is 0.0527 e. The maximum Gasteiger partial charge on any atom is 0.0527 e. The van der Waals surface area contributed by atoms with E-state index in [-0.39, 0.29) is 17.6 Å². The Balaban J connectivity index is 2.11. The largest absolute Gasteiger partial charge is 0.395 e. The topological polar surface area (TPSA) is 46.2 Å². The van der Waals surface area contributed by atoms with Crippen LogP contribution >= 0.6 is 0 Å². The van der Waals surface area contributed by atoms with Crippen LogP contribution in [0.1, 0.15) is 37.8 Å². The zero-order chi connectivity index (χ0) is 11.8. The summed E-state index contributed by atoms with van der Waals surface area (Å²) in [6, 6.07) is 8.56. The first-order valence-corrected chi connectivity index (χ1v) is 5.94. The highest BCUT2D eigenvalue weighted by atomic mass is 16.3. The van der Waals surface area contributed by atoms with Crippen LogP contribution in [-0.2, 0) is 11.8 Å². The van der Waals surface area contributed by atoms with Gasteiger partial charge in [-0.15, -0.1) is 0 Å². The second kappa shape index (κ2) is 3.86. The van der Waals surface area contributed by atoms with Gasteiger partial charge in [-0.3, -0.25) is 0 Å². The fourth-order valence-corrected chi connectivity index (χ4v) is 2.19. The number of hydrogen-bond donors (Lipinski definition) is 2. The van der Waals surface area contributed by atoms with E-state index in [9.17, 15) is 5.11 Å². The molecule has 0 aromatic heterocycles. The van der Waals surface area contributed by atoms with Gasteiger partial charge in [-0.05, 0) is 44.2 Å². The van der Waals surface area contributed by atoms with Crippen LogP contribution in [0.5, 0.6) is 0 Å². The molecular weight excluding hydrogens is 198 g/mol. The van der Waals surface area contributed by atoms with Gasteiger partial charge in [0.15, 0.2) is 0 Å². The van der Waals surface area contributed by atoms with Gasteiger partial charge >= 0.3 is 0 Å². The van der Waals surface area contributed by atoms with E-state index in [0.717, 1.165) is 19.3 Å². The van der Waals surface area contributed by atoms with Gasteiger partial charge in [-0.1, -0.05) is 24.3 Å². The van der Waals surface area contributed by atoms with Crippen molar-refractivity contribution in [2.24, 2.45) is 5.73 Å². The van der Waals surface area contributed by atoms with Crippen molar-refractivity contribution < 1.29 is 5.11 Å². The summed E-state index contributed by atoms with van der Waals surface area (Å²) >= 11 is 0. The van der Waals surface area contributed by atoms with Crippen molar-refractivity contribution in [2.75, 3.05) is 6.61 Å². The molecule has 0 saturated heterocycles. The average molecular weight is 219 g/mol. The van der Waals surface area contributed by atoms with Gasteiger partial charge in [0, 0.05) is 11.0 Å². The summed E-state index contributed by atoms with van der Waals surface area (Å²) in [5.74, 6) is 0. The summed E-state index contributed by atoms with van der Waals surface area (Å²) in [6.45, 7) is 4.35. The Kier molecular flexibility index (Phi) is 2.81. The number of rotatable bonds is 4. The summed E-state index contributed by atoms with van der Waals surface area (Å²) in [5.41, 5.74) is 8.45. The molecule has 1 aromatic rings. The van der Waals surface area contributed by atoms with E-state index in [1.54, 1.807) is 0 Å². The van der Waals surface area contributed by atoms with Crippen molar-refractivity contribution >= 4 is 0 Å². The first-order chi connectivity index (χ1) is 7.45. The molecule has 0 spiro atoms. The van der Waals surface area contributed by atoms with Gasteiger partial charge in [0.2, 0.25) is 0 Å². The van der Waals surface area contributed by atoms with Crippen molar-refractivity contribution in [3.05, 3.63) is 35.4 Å². The van der Waals surface area contributed by atoms with E-state index >= 15 is 0 Å². The summed E-state index contributed by atoms with van der Waals surface area (Å²) in [4.78, 5) is 0. The third-order valence-electron chi connectivity index (χ3n) is 3.38. The molecule has 1 fully saturated rings. The zero-order valence-electron chi connectivity index (χ0n) is 10.2. The summed E-state index contributed by atoms with van der Waals surface area (Å²) in [7, 11) is 0. The molecule has 0 amide bonds. The monoisotopic (exact) mass is 219 g/mol. The van der Waals surface area contributed by atoms with Gasteiger partial charge in [-0.2, -0.15) is 0 Å². The molecule has 1 aromatic carbocycles. The van der Waals surface area contributed by atoms with Crippen molar-refractivity contribution in [3.8, 4) is 0 Å². The third kappa shape index (κ3) is 2.45. The first-order valence-electron chi connectivity index (χ1n) is 5.94. The minimum Gasteiger partial charge on any atom is -0.395 e. The Labute approximate surface area is 97.5 Å². The summed E-state index contributed by atoms with van der Waals surface area (Å²) < 4.78 is 0. The van der Waals surface area contributed by atoms with Crippen LogP contribution in [0.3, 0.4) is 0 Å². The Hall–Kier alpha value is -0.860. The predicted octanol–water partition coefficient (Wildman–Crippen LogP) is 1.99. The molecule has 0 heterocycles. The molecular formula is C14H21NO. The number of aliphatic hydroxyl groups excluding tert-OH is 1. The highest BCUT2D eigenvalue weighted by molar-refractivity contribution is 5.34. The Morgan fingerprint density at radius 2 is 1.81 bits per heavy atom. The molecule has 0 radical (unpaired) electrons. The van der Waals surface area contributed by atoms with Crippen LogP contribution in [0.25, 0.3) is 0 Å².